The van der Waals surface area contributed by atoms with Crippen LogP contribution in [0.1, 0.15) is 5.56 Å². The number of nitro benzene ring substituents is 1. The van der Waals surface area contributed by atoms with Crippen molar-refractivity contribution in [2.24, 2.45) is 4.99 Å². The van der Waals surface area contributed by atoms with Crippen molar-refractivity contribution in [3.63, 3.8) is 0 Å². The van der Waals surface area contributed by atoms with Crippen LogP contribution in [-0.4, -0.2) is 35.9 Å². The molecule has 1 heterocycles. The van der Waals surface area contributed by atoms with E-state index in [-0.39, 0.29) is 5.69 Å². The van der Waals surface area contributed by atoms with E-state index in [4.69, 9.17) is 11.6 Å². The van der Waals surface area contributed by atoms with Crippen molar-refractivity contribution in [2.75, 3.05) is 20.1 Å². The van der Waals surface area contributed by atoms with Gasteiger partial charge in [-0.05, 0) is 11.6 Å². The fraction of sp³-hybridized carbons (Fsp3) is 0.364. The van der Waals surface area contributed by atoms with Crippen LogP contribution in [0.5, 0.6) is 0 Å². The molecule has 0 saturated carbocycles. The molecule has 1 aromatic rings. The van der Waals surface area contributed by atoms with E-state index in [1.807, 2.05) is 11.9 Å². The molecule has 0 aliphatic carbocycles. The van der Waals surface area contributed by atoms with Gasteiger partial charge in [0.2, 0.25) is 0 Å². The molecular weight excluding hydrogens is 256 g/mol. The summed E-state index contributed by atoms with van der Waals surface area (Å²) in [7, 11) is 1.94. The van der Waals surface area contributed by atoms with Gasteiger partial charge in [-0.25, -0.2) is 0 Å². The number of nitrogens with zero attached hydrogens (tertiary/aromatic N) is 3. The number of non-ortho nitro benzene ring substituents is 1. The molecule has 1 aliphatic rings. The Morgan fingerprint density at radius 1 is 1.61 bits per heavy atom. The molecule has 18 heavy (non-hydrogen) atoms. The quantitative estimate of drug-likeness (QED) is 0.668. The lowest BCUT2D eigenvalue weighted by atomic mass is 10.2. The van der Waals surface area contributed by atoms with Crippen molar-refractivity contribution in [2.45, 2.75) is 6.54 Å². The summed E-state index contributed by atoms with van der Waals surface area (Å²) >= 11 is 6.01. The Bertz CT molecular complexity index is 504. The van der Waals surface area contributed by atoms with Gasteiger partial charge in [0.05, 0.1) is 11.5 Å². The standard InChI is InChI=1S/C11H13ClN4O2/c1-15-5-4-13-11(15)14-7-8-6-9(16(17)18)2-3-10(8)12/h2-3,6H,4-5,7H2,1H3,(H,13,14). The molecule has 2 rings (SSSR count). The number of aliphatic imine (C=N–C) groups is 1. The molecule has 1 aliphatic heterocycles. The number of hydrogen-bond acceptors (Lipinski definition) is 5. The summed E-state index contributed by atoms with van der Waals surface area (Å²) in [6.45, 7) is 2.07. The van der Waals surface area contributed by atoms with Gasteiger partial charge < -0.3 is 10.2 Å². The highest BCUT2D eigenvalue weighted by atomic mass is 35.5. The first-order valence-corrected chi connectivity index (χ1v) is 5.88. The van der Waals surface area contributed by atoms with Gasteiger partial charge >= 0.3 is 0 Å². The SMILES string of the molecule is CN1CCN=C1NCc1cc([N+](=O)[O-])ccc1Cl. The minimum atomic E-state index is -0.432. The molecule has 6 nitrogen and oxygen atoms in total. The van der Waals surface area contributed by atoms with Crippen molar-refractivity contribution in [1.29, 1.82) is 0 Å². The maximum absolute atomic E-state index is 10.7. The van der Waals surface area contributed by atoms with Gasteiger partial charge in [0, 0.05) is 37.3 Å². The molecule has 0 atom stereocenters. The van der Waals surface area contributed by atoms with E-state index in [0.29, 0.717) is 17.1 Å². The van der Waals surface area contributed by atoms with Gasteiger partial charge in [0.15, 0.2) is 5.96 Å². The first-order chi connectivity index (χ1) is 8.58. The first kappa shape index (κ1) is 12.6. The van der Waals surface area contributed by atoms with Crippen molar-refractivity contribution >= 4 is 23.2 Å². The van der Waals surface area contributed by atoms with Crippen LogP contribution >= 0.6 is 11.6 Å². The largest absolute Gasteiger partial charge is 0.352 e. The maximum Gasteiger partial charge on any atom is 0.269 e. The summed E-state index contributed by atoms with van der Waals surface area (Å²) in [5.74, 6) is 0.789. The summed E-state index contributed by atoms with van der Waals surface area (Å²) in [4.78, 5) is 16.5. The number of nitrogens with one attached hydrogen (secondary N) is 1. The van der Waals surface area contributed by atoms with Crippen molar-refractivity contribution < 1.29 is 4.92 Å². The summed E-state index contributed by atoms with van der Waals surface area (Å²) < 4.78 is 0. The van der Waals surface area contributed by atoms with Crippen LogP contribution in [0.15, 0.2) is 23.2 Å². The van der Waals surface area contributed by atoms with E-state index >= 15 is 0 Å². The second kappa shape index (κ2) is 5.22. The van der Waals surface area contributed by atoms with Crippen molar-refractivity contribution in [3.05, 3.63) is 38.9 Å². The fourth-order valence-corrected chi connectivity index (χ4v) is 1.89. The zero-order chi connectivity index (χ0) is 13.1. The molecule has 7 heteroatoms. The van der Waals surface area contributed by atoms with Gasteiger partial charge in [0.1, 0.15) is 0 Å². The van der Waals surface area contributed by atoms with Gasteiger partial charge in [0.25, 0.3) is 5.69 Å². The van der Waals surface area contributed by atoms with Crippen LogP contribution in [0.25, 0.3) is 0 Å². The maximum atomic E-state index is 10.7. The van der Waals surface area contributed by atoms with Crippen LogP contribution in [0.3, 0.4) is 0 Å². The Hall–Kier alpha value is -1.82. The summed E-state index contributed by atoms with van der Waals surface area (Å²) in [5.41, 5.74) is 0.729. The van der Waals surface area contributed by atoms with E-state index in [1.54, 1.807) is 0 Å². The van der Waals surface area contributed by atoms with Gasteiger partial charge in [-0.1, -0.05) is 11.6 Å². The van der Waals surface area contributed by atoms with Gasteiger partial charge in [-0.2, -0.15) is 0 Å². The van der Waals surface area contributed by atoms with Crippen LogP contribution in [0, 0.1) is 10.1 Å². The average Bonchev–Trinajstić information content (AvgIpc) is 2.73. The summed E-state index contributed by atoms with van der Waals surface area (Å²) in [6, 6.07) is 4.41. The summed E-state index contributed by atoms with van der Waals surface area (Å²) in [6.07, 6.45) is 0. The average molecular weight is 269 g/mol. The Labute approximate surface area is 109 Å². The number of likely N-dealkylation sites (N-methyl/N-ethyl adjacent to an activating group) is 1. The fourth-order valence-electron chi connectivity index (χ4n) is 1.71. The molecule has 0 radical (unpaired) electrons. The highest BCUT2D eigenvalue weighted by Gasteiger charge is 2.14. The second-order valence-electron chi connectivity index (χ2n) is 4.01. The Balaban J connectivity index is 2.09. The number of halogens is 1. The molecule has 0 fully saturated rings. The molecular formula is C11H13ClN4O2. The normalized spacial score (nSPS) is 14.6. The molecule has 0 unspecified atom stereocenters. The molecule has 1 aromatic carbocycles. The molecule has 96 valence electrons. The van der Waals surface area contributed by atoms with Crippen LogP contribution in [0.4, 0.5) is 5.69 Å². The second-order valence-corrected chi connectivity index (χ2v) is 4.42. The minimum Gasteiger partial charge on any atom is -0.352 e. The highest BCUT2D eigenvalue weighted by Crippen LogP contribution is 2.21. The lowest BCUT2D eigenvalue weighted by Crippen LogP contribution is -2.35. The monoisotopic (exact) mass is 268 g/mol. The van der Waals surface area contributed by atoms with E-state index in [9.17, 15) is 10.1 Å². The van der Waals surface area contributed by atoms with E-state index < -0.39 is 4.92 Å². The van der Waals surface area contributed by atoms with Crippen LogP contribution < -0.4 is 5.32 Å². The third kappa shape index (κ3) is 2.70. The lowest BCUT2D eigenvalue weighted by Gasteiger charge is -2.15. The van der Waals surface area contributed by atoms with Crippen molar-refractivity contribution in [3.8, 4) is 0 Å². The van der Waals surface area contributed by atoms with Crippen molar-refractivity contribution in [1.82, 2.24) is 10.2 Å². The van der Waals surface area contributed by atoms with E-state index in [0.717, 1.165) is 19.0 Å². The minimum absolute atomic E-state index is 0.0397. The molecule has 1 N–H and O–H groups in total. The first-order valence-electron chi connectivity index (χ1n) is 5.50. The number of benzene rings is 1. The topological polar surface area (TPSA) is 70.8 Å². The van der Waals surface area contributed by atoms with Crippen LogP contribution in [0.2, 0.25) is 5.02 Å². The number of rotatable bonds is 3. The zero-order valence-corrected chi connectivity index (χ0v) is 10.6. The zero-order valence-electron chi connectivity index (χ0n) is 9.89. The third-order valence-corrected chi connectivity index (χ3v) is 3.10. The van der Waals surface area contributed by atoms with Gasteiger partial charge in [-0.15, -0.1) is 0 Å². The molecule has 0 bridgehead atoms. The predicted molar refractivity (Wildman–Crippen MR) is 69.9 cm³/mol. The predicted octanol–water partition coefficient (Wildman–Crippen LogP) is 1.64. The summed E-state index contributed by atoms with van der Waals surface area (Å²) in [5, 5.41) is 14.3. The molecule has 0 amide bonds. The van der Waals surface area contributed by atoms with E-state index in [2.05, 4.69) is 10.3 Å². The Morgan fingerprint density at radius 2 is 2.39 bits per heavy atom. The molecule has 0 aromatic heterocycles. The highest BCUT2D eigenvalue weighted by molar-refractivity contribution is 6.31. The van der Waals surface area contributed by atoms with E-state index in [1.165, 1.54) is 18.2 Å². The molecule has 0 saturated heterocycles. The third-order valence-electron chi connectivity index (χ3n) is 2.74. The lowest BCUT2D eigenvalue weighted by molar-refractivity contribution is -0.384. The Morgan fingerprint density at radius 3 is 3.00 bits per heavy atom. The molecule has 0 spiro atoms. The number of guanidine groups is 1. The number of nitro groups is 1. The smallest absolute Gasteiger partial charge is 0.269 e. The Kier molecular flexibility index (Phi) is 3.66. The van der Waals surface area contributed by atoms with Gasteiger partial charge in [-0.3, -0.25) is 15.1 Å². The van der Waals surface area contributed by atoms with Crippen LogP contribution in [-0.2, 0) is 6.54 Å². The number of hydrogen-bond donors (Lipinski definition) is 1.